The van der Waals surface area contributed by atoms with Crippen molar-refractivity contribution < 1.29 is 0 Å². The molecule has 0 bridgehead atoms. The summed E-state index contributed by atoms with van der Waals surface area (Å²) in [4.78, 5) is 6.89. The fourth-order valence-electron chi connectivity index (χ4n) is 2.30. The average molecular weight is 255 g/mol. The van der Waals surface area contributed by atoms with E-state index in [9.17, 15) is 0 Å². The van der Waals surface area contributed by atoms with Crippen LogP contribution in [-0.4, -0.2) is 48.0 Å². The summed E-state index contributed by atoms with van der Waals surface area (Å²) in [5.41, 5.74) is 0. The van der Waals surface area contributed by atoms with Crippen molar-refractivity contribution in [2.24, 2.45) is 10.9 Å². The largest absolute Gasteiger partial charge is 0.354 e. The predicted octanol–water partition coefficient (Wildman–Crippen LogP) is 2.19. The van der Waals surface area contributed by atoms with Crippen molar-refractivity contribution in [3.63, 3.8) is 0 Å². The quantitative estimate of drug-likeness (QED) is 0.605. The van der Waals surface area contributed by atoms with E-state index < -0.39 is 0 Å². The molecule has 0 spiro atoms. The van der Waals surface area contributed by atoms with Crippen molar-refractivity contribution in [2.75, 3.05) is 25.9 Å². The van der Waals surface area contributed by atoms with Crippen LogP contribution in [0.1, 0.15) is 33.1 Å². The van der Waals surface area contributed by atoms with E-state index in [0.717, 1.165) is 30.2 Å². The normalized spacial score (nSPS) is 27.2. The Morgan fingerprint density at radius 3 is 2.71 bits per heavy atom. The lowest BCUT2D eigenvalue weighted by atomic mass is 9.93. The fraction of sp³-hybridized carbons (Fsp3) is 0.923. The van der Waals surface area contributed by atoms with Crippen LogP contribution in [0.4, 0.5) is 0 Å². The molecule has 1 atom stereocenters. The van der Waals surface area contributed by atoms with Gasteiger partial charge in [0.25, 0.3) is 0 Å². The number of hydrogen-bond donors (Lipinski definition) is 1. The zero-order chi connectivity index (χ0) is 12.3. The molecule has 1 saturated heterocycles. The van der Waals surface area contributed by atoms with Gasteiger partial charge >= 0.3 is 0 Å². The number of thioether (sulfide) groups is 1. The summed E-state index contributed by atoms with van der Waals surface area (Å²) in [7, 11) is 1.91. The molecule has 4 heteroatoms. The molecule has 1 N–H and O–H groups in total. The Bertz CT molecular complexity index is 274. The SMILES string of the molecule is CN=C(NC1CCC1)N1CCSC(C(C)C)C1. The number of rotatable bonds is 2. The highest BCUT2D eigenvalue weighted by molar-refractivity contribution is 8.00. The molecule has 2 aliphatic rings. The Balaban J connectivity index is 1.89. The van der Waals surface area contributed by atoms with Crippen LogP contribution in [-0.2, 0) is 0 Å². The van der Waals surface area contributed by atoms with Crippen LogP contribution in [0.3, 0.4) is 0 Å². The molecule has 3 nitrogen and oxygen atoms in total. The van der Waals surface area contributed by atoms with Crippen molar-refractivity contribution in [2.45, 2.75) is 44.4 Å². The molecule has 0 aromatic carbocycles. The standard InChI is InChI=1S/C13H25N3S/c1-10(2)12-9-16(7-8-17-12)13(14-3)15-11-5-4-6-11/h10-12H,4-9H2,1-3H3,(H,14,15). The molecule has 17 heavy (non-hydrogen) atoms. The minimum Gasteiger partial charge on any atom is -0.354 e. The first-order chi connectivity index (χ1) is 8.20. The molecule has 0 aromatic heterocycles. The van der Waals surface area contributed by atoms with Gasteiger partial charge in [0.05, 0.1) is 0 Å². The third kappa shape index (κ3) is 3.30. The second-order valence-corrected chi connectivity index (χ2v) is 6.77. The van der Waals surface area contributed by atoms with E-state index in [2.05, 4.69) is 40.8 Å². The van der Waals surface area contributed by atoms with Crippen LogP contribution in [0, 0.1) is 5.92 Å². The van der Waals surface area contributed by atoms with Gasteiger partial charge in [0.15, 0.2) is 5.96 Å². The van der Waals surface area contributed by atoms with Gasteiger partial charge in [-0.05, 0) is 25.2 Å². The molecule has 1 aliphatic heterocycles. The van der Waals surface area contributed by atoms with Gasteiger partial charge in [0.2, 0.25) is 0 Å². The third-order valence-corrected chi connectivity index (χ3v) is 5.33. The van der Waals surface area contributed by atoms with E-state index in [0.29, 0.717) is 6.04 Å². The molecule has 2 fully saturated rings. The molecular formula is C13H25N3S. The summed E-state index contributed by atoms with van der Waals surface area (Å²) in [6, 6.07) is 0.681. The van der Waals surface area contributed by atoms with Gasteiger partial charge in [0.1, 0.15) is 0 Å². The van der Waals surface area contributed by atoms with E-state index in [1.54, 1.807) is 0 Å². The third-order valence-electron chi connectivity index (χ3n) is 3.79. The molecular weight excluding hydrogens is 230 g/mol. The molecule has 0 aromatic rings. The Morgan fingerprint density at radius 2 is 2.18 bits per heavy atom. The van der Waals surface area contributed by atoms with Crippen molar-refractivity contribution >= 4 is 17.7 Å². The fourth-order valence-corrected chi connectivity index (χ4v) is 3.60. The molecule has 0 amide bonds. The summed E-state index contributed by atoms with van der Waals surface area (Å²) >= 11 is 2.12. The monoisotopic (exact) mass is 255 g/mol. The van der Waals surface area contributed by atoms with Gasteiger partial charge in [-0.25, -0.2) is 0 Å². The molecule has 98 valence electrons. The minimum atomic E-state index is 0.681. The smallest absolute Gasteiger partial charge is 0.193 e. The Labute approximate surface area is 109 Å². The molecule has 1 heterocycles. The number of aliphatic imine (C=N–C) groups is 1. The first kappa shape index (κ1) is 13.1. The number of nitrogens with zero attached hydrogens (tertiary/aromatic N) is 2. The lowest BCUT2D eigenvalue weighted by Crippen LogP contribution is -2.52. The zero-order valence-electron chi connectivity index (χ0n) is 11.3. The van der Waals surface area contributed by atoms with Crippen molar-refractivity contribution in [1.29, 1.82) is 0 Å². The lowest BCUT2D eigenvalue weighted by molar-refractivity contribution is 0.337. The van der Waals surface area contributed by atoms with Gasteiger partial charge < -0.3 is 10.2 Å². The van der Waals surface area contributed by atoms with E-state index in [1.165, 1.54) is 25.0 Å². The first-order valence-electron chi connectivity index (χ1n) is 6.80. The zero-order valence-corrected chi connectivity index (χ0v) is 12.1. The minimum absolute atomic E-state index is 0.681. The maximum atomic E-state index is 4.45. The Morgan fingerprint density at radius 1 is 1.41 bits per heavy atom. The molecule has 1 saturated carbocycles. The van der Waals surface area contributed by atoms with E-state index in [4.69, 9.17) is 0 Å². The van der Waals surface area contributed by atoms with Crippen molar-refractivity contribution in [3.8, 4) is 0 Å². The highest BCUT2D eigenvalue weighted by atomic mass is 32.2. The van der Waals surface area contributed by atoms with Crippen LogP contribution < -0.4 is 5.32 Å². The second kappa shape index (κ2) is 5.98. The number of nitrogens with one attached hydrogen (secondary N) is 1. The molecule has 0 radical (unpaired) electrons. The summed E-state index contributed by atoms with van der Waals surface area (Å²) in [6.07, 6.45) is 4.00. The summed E-state index contributed by atoms with van der Waals surface area (Å²) in [5, 5.41) is 4.35. The average Bonchev–Trinajstić information content (AvgIpc) is 2.28. The first-order valence-corrected chi connectivity index (χ1v) is 7.85. The van der Waals surface area contributed by atoms with Crippen molar-refractivity contribution in [1.82, 2.24) is 10.2 Å². The number of guanidine groups is 1. The highest BCUT2D eigenvalue weighted by Gasteiger charge is 2.27. The summed E-state index contributed by atoms with van der Waals surface area (Å²) < 4.78 is 0. The van der Waals surface area contributed by atoms with Crippen LogP contribution in [0.2, 0.25) is 0 Å². The maximum absolute atomic E-state index is 4.45. The van der Waals surface area contributed by atoms with E-state index in [1.807, 2.05) is 7.05 Å². The Hall–Kier alpha value is -0.380. The van der Waals surface area contributed by atoms with Gasteiger partial charge in [-0.2, -0.15) is 11.8 Å². The topological polar surface area (TPSA) is 27.6 Å². The van der Waals surface area contributed by atoms with Gasteiger partial charge in [0, 0.05) is 37.2 Å². The van der Waals surface area contributed by atoms with Crippen molar-refractivity contribution in [3.05, 3.63) is 0 Å². The molecule has 2 rings (SSSR count). The van der Waals surface area contributed by atoms with E-state index in [-0.39, 0.29) is 0 Å². The van der Waals surface area contributed by atoms with Gasteiger partial charge in [-0.3, -0.25) is 4.99 Å². The van der Waals surface area contributed by atoms with Crippen LogP contribution >= 0.6 is 11.8 Å². The summed E-state index contributed by atoms with van der Waals surface area (Å²) in [5.74, 6) is 3.11. The lowest BCUT2D eigenvalue weighted by Gasteiger charge is -2.38. The molecule has 1 aliphatic carbocycles. The van der Waals surface area contributed by atoms with Crippen LogP contribution in [0.25, 0.3) is 0 Å². The Kier molecular flexibility index (Phi) is 4.60. The van der Waals surface area contributed by atoms with Crippen LogP contribution in [0.5, 0.6) is 0 Å². The number of hydrogen-bond acceptors (Lipinski definition) is 2. The van der Waals surface area contributed by atoms with E-state index >= 15 is 0 Å². The van der Waals surface area contributed by atoms with Gasteiger partial charge in [-0.15, -0.1) is 0 Å². The highest BCUT2D eigenvalue weighted by Crippen LogP contribution is 2.25. The predicted molar refractivity (Wildman–Crippen MR) is 76.8 cm³/mol. The molecule has 1 unspecified atom stereocenters. The van der Waals surface area contributed by atoms with Gasteiger partial charge in [-0.1, -0.05) is 13.8 Å². The second-order valence-electron chi connectivity index (χ2n) is 5.42. The van der Waals surface area contributed by atoms with Crippen LogP contribution in [0.15, 0.2) is 4.99 Å². The summed E-state index contributed by atoms with van der Waals surface area (Å²) in [6.45, 7) is 6.93. The maximum Gasteiger partial charge on any atom is 0.193 e.